The molecule has 1 aromatic carbocycles. The molecule has 0 bridgehead atoms. The Morgan fingerprint density at radius 2 is 2.22 bits per heavy atom. The third kappa shape index (κ3) is 4.71. The zero-order valence-corrected chi connectivity index (χ0v) is 10.5. The molecule has 0 aliphatic heterocycles. The van der Waals surface area contributed by atoms with Crippen LogP contribution in [0.3, 0.4) is 0 Å². The minimum atomic E-state index is -0.612. The Kier molecular flexibility index (Phi) is 6.14. The van der Waals surface area contributed by atoms with Crippen molar-refractivity contribution in [3.05, 3.63) is 29.6 Å². The van der Waals surface area contributed by atoms with Crippen LogP contribution in [0.4, 0.5) is 10.1 Å². The number of amides is 1. The summed E-state index contributed by atoms with van der Waals surface area (Å²) in [5, 5.41) is 2.59. The van der Waals surface area contributed by atoms with Gasteiger partial charge in [0.2, 0.25) is 0 Å². The number of nitrogens with two attached hydrogens (primary N) is 1. The number of halogens is 1. The Balaban J connectivity index is 2.32. The van der Waals surface area contributed by atoms with E-state index in [0.29, 0.717) is 25.4 Å². The topological polar surface area (TPSA) is 64.3 Å². The molecule has 0 aliphatic carbocycles. The van der Waals surface area contributed by atoms with Crippen molar-refractivity contribution >= 4 is 11.6 Å². The zero-order chi connectivity index (χ0) is 13.4. The monoisotopic (exact) mass is 254 g/mol. The first-order chi connectivity index (χ1) is 8.65. The van der Waals surface area contributed by atoms with Crippen LogP contribution in [0.1, 0.15) is 30.1 Å². The fourth-order valence-electron chi connectivity index (χ4n) is 1.40. The summed E-state index contributed by atoms with van der Waals surface area (Å²) in [7, 11) is 0. The number of unbranched alkanes of at least 4 members (excludes halogenated alkanes) is 1. The van der Waals surface area contributed by atoms with E-state index < -0.39 is 11.7 Å². The van der Waals surface area contributed by atoms with Crippen molar-refractivity contribution in [1.82, 2.24) is 5.32 Å². The van der Waals surface area contributed by atoms with E-state index in [1.165, 1.54) is 12.1 Å². The second-order valence-electron chi connectivity index (χ2n) is 3.96. The average Bonchev–Trinajstić information content (AvgIpc) is 2.33. The van der Waals surface area contributed by atoms with E-state index in [9.17, 15) is 9.18 Å². The first-order valence-electron chi connectivity index (χ1n) is 6.06. The molecule has 0 unspecified atom stereocenters. The molecule has 0 aromatic heterocycles. The van der Waals surface area contributed by atoms with Crippen LogP contribution in [0.15, 0.2) is 18.2 Å². The highest BCUT2D eigenvalue weighted by molar-refractivity contribution is 5.94. The molecular weight excluding hydrogens is 235 g/mol. The molecule has 3 N–H and O–H groups in total. The molecule has 0 spiro atoms. The van der Waals surface area contributed by atoms with Crippen LogP contribution in [0.5, 0.6) is 0 Å². The predicted molar refractivity (Wildman–Crippen MR) is 68.9 cm³/mol. The van der Waals surface area contributed by atoms with Gasteiger partial charge in [-0.15, -0.1) is 0 Å². The van der Waals surface area contributed by atoms with E-state index >= 15 is 0 Å². The first kappa shape index (κ1) is 14.4. The number of anilines is 1. The maximum absolute atomic E-state index is 13.4. The third-order valence-electron chi connectivity index (χ3n) is 2.41. The Morgan fingerprint density at radius 1 is 1.44 bits per heavy atom. The zero-order valence-electron chi connectivity index (χ0n) is 10.5. The lowest BCUT2D eigenvalue weighted by Gasteiger charge is -2.07. The van der Waals surface area contributed by atoms with Gasteiger partial charge < -0.3 is 15.8 Å². The molecule has 0 saturated heterocycles. The second kappa shape index (κ2) is 7.66. The van der Waals surface area contributed by atoms with Crippen molar-refractivity contribution in [2.24, 2.45) is 0 Å². The Morgan fingerprint density at radius 3 is 2.89 bits per heavy atom. The Labute approximate surface area is 106 Å². The van der Waals surface area contributed by atoms with Gasteiger partial charge in [-0.05, 0) is 24.6 Å². The van der Waals surface area contributed by atoms with Gasteiger partial charge in [0, 0.05) is 18.8 Å². The van der Waals surface area contributed by atoms with Gasteiger partial charge in [-0.25, -0.2) is 4.39 Å². The molecule has 1 amide bonds. The number of benzene rings is 1. The fraction of sp³-hybridized carbons (Fsp3) is 0.462. The molecule has 0 heterocycles. The van der Waals surface area contributed by atoms with Gasteiger partial charge in [0.1, 0.15) is 5.82 Å². The van der Waals surface area contributed by atoms with Crippen LogP contribution in [-0.4, -0.2) is 25.7 Å². The van der Waals surface area contributed by atoms with Gasteiger partial charge >= 0.3 is 0 Å². The van der Waals surface area contributed by atoms with Crippen LogP contribution >= 0.6 is 0 Å². The molecule has 0 aliphatic rings. The molecule has 18 heavy (non-hydrogen) atoms. The number of hydrogen-bond acceptors (Lipinski definition) is 3. The SMILES string of the molecule is CCCCOCCNC(=O)c1ccc(N)cc1F. The summed E-state index contributed by atoms with van der Waals surface area (Å²) in [6, 6.07) is 4.00. The highest BCUT2D eigenvalue weighted by Crippen LogP contribution is 2.11. The van der Waals surface area contributed by atoms with Crippen molar-refractivity contribution in [3.63, 3.8) is 0 Å². The van der Waals surface area contributed by atoms with Crippen LogP contribution in [0.2, 0.25) is 0 Å². The average molecular weight is 254 g/mol. The summed E-state index contributed by atoms with van der Waals surface area (Å²) in [6.07, 6.45) is 2.07. The number of nitrogen functional groups attached to an aromatic ring is 1. The lowest BCUT2D eigenvalue weighted by atomic mass is 10.2. The summed E-state index contributed by atoms with van der Waals surface area (Å²) < 4.78 is 18.7. The molecule has 0 radical (unpaired) electrons. The molecule has 100 valence electrons. The van der Waals surface area contributed by atoms with Crippen LogP contribution in [0.25, 0.3) is 0 Å². The van der Waals surface area contributed by atoms with Crippen LogP contribution in [-0.2, 0) is 4.74 Å². The van der Waals surface area contributed by atoms with Gasteiger partial charge in [-0.3, -0.25) is 4.79 Å². The molecular formula is C13H19FN2O2. The van der Waals surface area contributed by atoms with E-state index in [1.807, 2.05) is 0 Å². The maximum Gasteiger partial charge on any atom is 0.254 e. The van der Waals surface area contributed by atoms with E-state index in [2.05, 4.69) is 12.2 Å². The first-order valence-corrected chi connectivity index (χ1v) is 6.06. The summed E-state index contributed by atoms with van der Waals surface area (Å²) >= 11 is 0. The quantitative estimate of drug-likeness (QED) is 0.577. The Bertz CT molecular complexity index is 397. The van der Waals surface area contributed by atoms with Crippen molar-refractivity contribution < 1.29 is 13.9 Å². The molecule has 1 aromatic rings. The van der Waals surface area contributed by atoms with Gasteiger partial charge in [0.15, 0.2) is 0 Å². The smallest absolute Gasteiger partial charge is 0.254 e. The second-order valence-corrected chi connectivity index (χ2v) is 3.96. The normalized spacial score (nSPS) is 10.3. The van der Waals surface area contributed by atoms with E-state index in [-0.39, 0.29) is 5.56 Å². The lowest BCUT2D eigenvalue weighted by molar-refractivity contribution is 0.0909. The highest BCUT2D eigenvalue weighted by atomic mass is 19.1. The molecule has 0 atom stereocenters. The largest absolute Gasteiger partial charge is 0.399 e. The highest BCUT2D eigenvalue weighted by Gasteiger charge is 2.10. The summed E-state index contributed by atoms with van der Waals surface area (Å²) in [6.45, 7) is 3.56. The summed E-state index contributed by atoms with van der Waals surface area (Å²) in [5.41, 5.74) is 5.70. The van der Waals surface area contributed by atoms with E-state index in [0.717, 1.165) is 18.9 Å². The van der Waals surface area contributed by atoms with Crippen molar-refractivity contribution in [2.45, 2.75) is 19.8 Å². The van der Waals surface area contributed by atoms with Gasteiger partial charge in [-0.1, -0.05) is 13.3 Å². The van der Waals surface area contributed by atoms with Crippen LogP contribution < -0.4 is 11.1 Å². The van der Waals surface area contributed by atoms with Crippen molar-refractivity contribution in [1.29, 1.82) is 0 Å². The minimum absolute atomic E-state index is 0.00208. The minimum Gasteiger partial charge on any atom is -0.399 e. The summed E-state index contributed by atoms with van der Waals surface area (Å²) in [4.78, 5) is 11.6. The number of carbonyl (C=O) groups excluding carboxylic acids is 1. The molecule has 0 saturated carbocycles. The van der Waals surface area contributed by atoms with Crippen molar-refractivity contribution in [3.8, 4) is 0 Å². The van der Waals surface area contributed by atoms with Gasteiger partial charge in [0.05, 0.1) is 12.2 Å². The number of rotatable bonds is 7. The molecule has 1 rings (SSSR count). The summed E-state index contributed by atoms with van der Waals surface area (Å²) in [5.74, 6) is -1.06. The third-order valence-corrected chi connectivity index (χ3v) is 2.41. The lowest BCUT2D eigenvalue weighted by Crippen LogP contribution is -2.28. The fourth-order valence-corrected chi connectivity index (χ4v) is 1.40. The molecule has 4 nitrogen and oxygen atoms in total. The number of hydrogen-bond donors (Lipinski definition) is 2. The van der Waals surface area contributed by atoms with E-state index in [1.54, 1.807) is 0 Å². The van der Waals surface area contributed by atoms with Gasteiger partial charge in [0.25, 0.3) is 5.91 Å². The van der Waals surface area contributed by atoms with E-state index in [4.69, 9.17) is 10.5 Å². The number of carbonyl (C=O) groups is 1. The molecule has 5 heteroatoms. The standard InChI is InChI=1S/C13H19FN2O2/c1-2-3-7-18-8-6-16-13(17)11-5-4-10(15)9-12(11)14/h4-5,9H,2-3,6-8,15H2,1H3,(H,16,17). The van der Waals surface area contributed by atoms with Crippen molar-refractivity contribution in [2.75, 3.05) is 25.5 Å². The van der Waals surface area contributed by atoms with Gasteiger partial charge in [-0.2, -0.15) is 0 Å². The number of ether oxygens (including phenoxy) is 1. The predicted octanol–water partition coefficient (Wildman–Crippen LogP) is 1.95. The number of nitrogens with one attached hydrogen (secondary N) is 1. The molecule has 0 fully saturated rings. The van der Waals surface area contributed by atoms with Crippen LogP contribution in [0, 0.1) is 5.82 Å². The maximum atomic E-state index is 13.4. The Hall–Kier alpha value is -1.62.